The van der Waals surface area contributed by atoms with Crippen LogP contribution in [0.5, 0.6) is 0 Å². The summed E-state index contributed by atoms with van der Waals surface area (Å²) in [7, 11) is -0.317. The highest BCUT2D eigenvalue weighted by Crippen LogP contribution is 2.36. The van der Waals surface area contributed by atoms with Gasteiger partial charge in [0.2, 0.25) is 0 Å². The molecule has 19 heavy (non-hydrogen) atoms. The van der Waals surface area contributed by atoms with E-state index in [2.05, 4.69) is 52.6 Å². The molecule has 1 aliphatic heterocycles. The number of hydrogen-bond acceptors (Lipinski definition) is 3. The molecule has 1 aromatic heterocycles. The molecule has 0 radical (unpaired) electrons. The summed E-state index contributed by atoms with van der Waals surface area (Å²) in [5, 5.41) is 0. The first-order chi connectivity index (χ1) is 8.78. The Morgan fingerprint density at radius 2 is 1.79 bits per heavy atom. The summed E-state index contributed by atoms with van der Waals surface area (Å²) in [6, 6.07) is 4.02. The quantitative estimate of drug-likeness (QED) is 0.784. The Hall–Kier alpha value is -0.865. The molecule has 0 saturated carbocycles. The maximum atomic E-state index is 6.12. The summed E-state index contributed by atoms with van der Waals surface area (Å²) >= 11 is 0. The lowest BCUT2D eigenvalue weighted by Crippen LogP contribution is -2.41. The first kappa shape index (κ1) is 14.5. The average molecular weight is 261 g/mol. The molecule has 0 spiro atoms. The Morgan fingerprint density at radius 3 is 2.32 bits per heavy atom. The predicted molar refractivity (Wildman–Crippen MR) is 78.7 cm³/mol. The molecule has 4 heteroatoms. The Kier molecular flexibility index (Phi) is 3.76. The summed E-state index contributed by atoms with van der Waals surface area (Å²) in [5.74, 6) is 0.412. The Balaban J connectivity index is 2.35. The Morgan fingerprint density at radius 1 is 1.21 bits per heavy atom. The van der Waals surface area contributed by atoms with E-state index in [0.717, 1.165) is 17.6 Å². The average Bonchev–Trinajstić information content (AvgIpc) is 2.57. The molecule has 1 saturated heterocycles. The van der Waals surface area contributed by atoms with Gasteiger partial charge in [-0.05, 0) is 46.1 Å². The highest BCUT2D eigenvalue weighted by molar-refractivity contribution is 6.62. The molecule has 0 N–H and O–H groups in total. The molecule has 1 atom stereocenters. The van der Waals surface area contributed by atoms with E-state index in [4.69, 9.17) is 9.31 Å². The van der Waals surface area contributed by atoms with Crippen molar-refractivity contribution in [2.45, 2.75) is 65.1 Å². The van der Waals surface area contributed by atoms with Gasteiger partial charge in [-0.15, -0.1) is 0 Å². The second kappa shape index (κ2) is 4.91. The molecule has 0 amide bonds. The van der Waals surface area contributed by atoms with Crippen molar-refractivity contribution in [3.05, 3.63) is 24.0 Å². The Bertz CT molecular complexity index is 443. The second-order valence-electron chi connectivity index (χ2n) is 6.38. The van der Waals surface area contributed by atoms with E-state index in [1.165, 1.54) is 0 Å². The van der Waals surface area contributed by atoms with Crippen molar-refractivity contribution < 1.29 is 9.31 Å². The third-order valence-corrected chi connectivity index (χ3v) is 4.46. The van der Waals surface area contributed by atoms with Crippen molar-refractivity contribution in [2.24, 2.45) is 0 Å². The predicted octanol–water partition coefficient (Wildman–Crippen LogP) is 2.89. The van der Waals surface area contributed by atoms with Crippen molar-refractivity contribution in [1.82, 2.24) is 4.98 Å². The minimum atomic E-state index is -0.317. The Labute approximate surface area is 116 Å². The summed E-state index contributed by atoms with van der Waals surface area (Å²) in [4.78, 5) is 4.53. The van der Waals surface area contributed by atoms with Gasteiger partial charge in [-0.1, -0.05) is 19.9 Å². The van der Waals surface area contributed by atoms with Crippen molar-refractivity contribution >= 4 is 12.6 Å². The molecule has 2 rings (SSSR count). The summed E-state index contributed by atoms with van der Waals surface area (Å²) < 4.78 is 12.2. The molecule has 104 valence electrons. The van der Waals surface area contributed by atoms with Gasteiger partial charge in [0.25, 0.3) is 0 Å². The van der Waals surface area contributed by atoms with Gasteiger partial charge in [0.05, 0.1) is 11.2 Å². The van der Waals surface area contributed by atoms with Gasteiger partial charge in [0, 0.05) is 17.4 Å². The molecular formula is C15H24BNO2. The molecule has 2 heterocycles. The number of rotatable bonds is 3. The molecule has 1 aromatic rings. The largest absolute Gasteiger partial charge is 0.496 e. The van der Waals surface area contributed by atoms with E-state index >= 15 is 0 Å². The third kappa shape index (κ3) is 2.56. The smallest absolute Gasteiger partial charge is 0.399 e. The van der Waals surface area contributed by atoms with Gasteiger partial charge < -0.3 is 9.31 Å². The fourth-order valence-electron chi connectivity index (χ4n) is 2.20. The lowest BCUT2D eigenvalue weighted by atomic mass is 9.75. The molecule has 0 bridgehead atoms. The van der Waals surface area contributed by atoms with E-state index < -0.39 is 0 Å². The molecule has 0 aromatic carbocycles. The molecule has 1 aliphatic rings. The van der Waals surface area contributed by atoms with Gasteiger partial charge in [-0.2, -0.15) is 0 Å². The molecular weight excluding hydrogens is 237 g/mol. The fourth-order valence-corrected chi connectivity index (χ4v) is 2.20. The van der Waals surface area contributed by atoms with Gasteiger partial charge in [0.1, 0.15) is 0 Å². The van der Waals surface area contributed by atoms with Crippen molar-refractivity contribution in [1.29, 1.82) is 0 Å². The van der Waals surface area contributed by atoms with Crippen LogP contribution >= 0.6 is 0 Å². The molecule has 0 aliphatic carbocycles. The van der Waals surface area contributed by atoms with Gasteiger partial charge in [0.15, 0.2) is 0 Å². The van der Waals surface area contributed by atoms with Crippen LogP contribution in [-0.4, -0.2) is 23.3 Å². The van der Waals surface area contributed by atoms with Crippen LogP contribution in [0.3, 0.4) is 0 Å². The van der Waals surface area contributed by atoms with Gasteiger partial charge >= 0.3 is 7.12 Å². The minimum absolute atomic E-state index is 0.305. The third-order valence-electron chi connectivity index (χ3n) is 4.46. The zero-order valence-corrected chi connectivity index (χ0v) is 12.9. The number of pyridine rings is 1. The van der Waals surface area contributed by atoms with Crippen LogP contribution in [0.1, 0.15) is 59.6 Å². The molecule has 3 nitrogen and oxygen atoms in total. The number of nitrogens with zero attached hydrogens (tertiary/aromatic N) is 1. The second-order valence-corrected chi connectivity index (χ2v) is 6.38. The highest BCUT2D eigenvalue weighted by Gasteiger charge is 2.52. The van der Waals surface area contributed by atoms with Gasteiger partial charge in [-0.25, -0.2) is 0 Å². The zero-order chi connectivity index (χ0) is 14.3. The monoisotopic (exact) mass is 261 g/mol. The first-order valence-electron chi connectivity index (χ1n) is 7.09. The van der Waals surface area contributed by atoms with E-state index in [0.29, 0.717) is 5.92 Å². The number of aromatic nitrogens is 1. The van der Waals surface area contributed by atoms with Crippen molar-refractivity contribution in [3.8, 4) is 0 Å². The summed E-state index contributed by atoms with van der Waals surface area (Å²) in [5.41, 5.74) is 1.54. The van der Waals surface area contributed by atoms with Crippen LogP contribution < -0.4 is 5.46 Å². The van der Waals surface area contributed by atoms with Crippen LogP contribution in [0.2, 0.25) is 0 Å². The maximum absolute atomic E-state index is 6.12. The van der Waals surface area contributed by atoms with Crippen LogP contribution in [0, 0.1) is 0 Å². The summed E-state index contributed by atoms with van der Waals surface area (Å²) in [6.07, 6.45) is 2.90. The zero-order valence-electron chi connectivity index (χ0n) is 12.9. The number of hydrogen-bond donors (Lipinski definition) is 0. The SMILES string of the molecule is CCC(C)c1ncccc1B1OC(C)(C)C(C)(C)O1. The van der Waals surface area contributed by atoms with Crippen LogP contribution in [0.25, 0.3) is 0 Å². The van der Waals surface area contributed by atoms with Crippen molar-refractivity contribution in [3.63, 3.8) is 0 Å². The van der Waals surface area contributed by atoms with E-state index in [1.807, 2.05) is 12.3 Å². The lowest BCUT2D eigenvalue weighted by Gasteiger charge is -2.32. The van der Waals surface area contributed by atoms with E-state index in [-0.39, 0.29) is 18.3 Å². The van der Waals surface area contributed by atoms with Crippen molar-refractivity contribution in [2.75, 3.05) is 0 Å². The van der Waals surface area contributed by atoms with Crippen LogP contribution in [-0.2, 0) is 9.31 Å². The minimum Gasteiger partial charge on any atom is -0.399 e. The van der Waals surface area contributed by atoms with E-state index in [9.17, 15) is 0 Å². The first-order valence-corrected chi connectivity index (χ1v) is 7.09. The molecule has 1 fully saturated rings. The molecule has 1 unspecified atom stereocenters. The maximum Gasteiger partial charge on any atom is 0.496 e. The highest BCUT2D eigenvalue weighted by atomic mass is 16.7. The summed E-state index contributed by atoms with van der Waals surface area (Å²) in [6.45, 7) is 12.7. The van der Waals surface area contributed by atoms with Crippen LogP contribution in [0.15, 0.2) is 18.3 Å². The normalized spacial score (nSPS) is 22.5. The fraction of sp³-hybridized carbons (Fsp3) is 0.667. The van der Waals surface area contributed by atoms with E-state index in [1.54, 1.807) is 0 Å². The van der Waals surface area contributed by atoms with Gasteiger partial charge in [-0.3, -0.25) is 4.98 Å². The van der Waals surface area contributed by atoms with Crippen LogP contribution in [0.4, 0.5) is 0 Å². The standard InChI is InChI=1S/C15H24BNO2/c1-7-11(2)13-12(9-8-10-17-13)16-18-14(3,4)15(5,6)19-16/h8-11H,7H2,1-6H3. The topological polar surface area (TPSA) is 31.4 Å². The lowest BCUT2D eigenvalue weighted by molar-refractivity contribution is 0.00578.